The van der Waals surface area contributed by atoms with E-state index in [-0.39, 0.29) is 10.9 Å². The molecule has 160 valence electrons. The lowest BCUT2D eigenvalue weighted by Gasteiger charge is -2.22. The van der Waals surface area contributed by atoms with E-state index in [9.17, 15) is 13.2 Å². The number of carbonyl (C=O) groups is 1. The molecule has 0 heterocycles. The summed E-state index contributed by atoms with van der Waals surface area (Å²) in [5.41, 5.74) is 0.561. The molecule has 0 aliphatic heterocycles. The van der Waals surface area contributed by atoms with E-state index < -0.39 is 21.5 Å². The second kappa shape index (κ2) is 10.8. The molecule has 2 aromatic rings. The van der Waals surface area contributed by atoms with E-state index in [1.165, 1.54) is 6.08 Å². The van der Waals surface area contributed by atoms with Crippen molar-refractivity contribution in [1.29, 1.82) is 0 Å². The van der Waals surface area contributed by atoms with Gasteiger partial charge in [-0.05, 0) is 51.3 Å². The van der Waals surface area contributed by atoms with E-state index >= 15 is 0 Å². The van der Waals surface area contributed by atoms with Gasteiger partial charge in [0.2, 0.25) is 0 Å². The van der Waals surface area contributed by atoms with Gasteiger partial charge in [-0.2, -0.15) is 0 Å². The smallest absolute Gasteiger partial charge is 0.408 e. The lowest BCUT2D eigenvalue weighted by atomic mass is 10.0. The maximum absolute atomic E-state index is 12.3. The number of nitrogens with one attached hydrogen (secondary N) is 1. The van der Waals surface area contributed by atoms with Gasteiger partial charge < -0.3 is 10.1 Å². The van der Waals surface area contributed by atoms with Gasteiger partial charge in [0.15, 0.2) is 9.84 Å². The second-order valence-electron chi connectivity index (χ2n) is 7.85. The van der Waals surface area contributed by atoms with Gasteiger partial charge in [0.05, 0.1) is 10.9 Å². The maximum Gasteiger partial charge on any atom is 0.408 e. The Bertz CT molecular complexity index is 959. The lowest BCUT2D eigenvalue weighted by molar-refractivity contribution is 0.0512. The molecule has 1 unspecified atom stereocenters. The van der Waals surface area contributed by atoms with Crippen LogP contribution < -0.4 is 5.32 Å². The molecule has 0 spiro atoms. The molecule has 0 radical (unpaired) electrons. The summed E-state index contributed by atoms with van der Waals surface area (Å²) in [4.78, 5) is 12.4. The highest BCUT2D eigenvalue weighted by molar-refractivity contribution is 7.94. The molecule has 2 aromatic carbocycles. The number of alkyl carbamates (subject to hydrolysis) is 1. The van der Waals surface area contributed by atoms with E-state index in [2.05, 4.69) is 5.32 Å². The summed E-state index contributed by atoms with van der Waals surface area (Å²) in [5.74, 6) is 0. The van der Waals surface area contributed by atoms with Gasteiger partial charge in [-0.1, -0.05) is 66.8 Å². The summed E-state index contributed by atoms with van der Waals surface area (Å²) in [6.07, 6.45) is 5.77. The Morgan fingerprint density at radius 2 is 1.60 bits per heavy atom. The number of ether oxygens (including phenoxy) is 1. The SMILES string of the molecule is CC(C)(C)OC(=O)NC(C=CC=CS(=O)(=O)c1ccccc1)CCc1ccccc1. The van der Waals surface area contributed by atoms with Crippen LogP contribution in [0.5, 0.6) is 0 Å². The van der Waals surface area contributed by atoms with Crippen molar-refractivity contribution < 1.29 is 17.9 Å². The zero-order valence-corrected chi connectivity index (χ0v) is 18.4. The third-order valence-corrected chi connectivity index (χ3v) is 5.52. The van der Waals surface area contributed by atoms with Crippen LogP contribution in [-0.2, 0) is 21.0 Å². The molecule has 1 N–H and O–H groups in total. The number of rotatable bonds is 8. The first-order valence-electron chi connectivity index (χ1n) is 9.84. The first-order chi connectivity index (χ1) is 14.2. The minimum absolute atomic E-state index is 0.238. The van der Waals surface area contributed by atoms with Crippen LogP contribution in [0.4, 0.5) is 4.79 Å². The molecule has 0 saturated heterocycles. The van der Waals surface area contributed by atoms with Crippen LogP contribution >= 0.6 is 0 Å². The number of aryl methyl sites for hydroxylation is 1. The number of amides is 1. The Morgan fingerprint density at radius 3 is 2.20 bits per heavy atom. The first kappa shape index (κ1) is 23.4. The van der Waals surface area contributed by atoms with E-state index in [0.717, 1.165) is 17.4 Å². The van der Waals surface area contributed by atoms with Crippen LogP contribution in [-0.4, -0.2) is 26.2 Å². The molecule has 5 nitrogen and oxygen atoms in total. The topological polar surface area (TPSA) is 72.5 Å². The Morgan fingerprint density at radius 1 is 1.00 bits per heavy atom. The van der Waals surface area contributed by atoms with Gasteiger partial charge in [0.25, 0.3) is 0 Å². The summed E-state index contributed by atoms with van der Waals surface area (Å²) in [6, 6.07) is 17.9. The third-order valence-electron chi connectivity index (χ3n) is 4.07. The van der Waals surface area contributed by atoms with Crippen LogP contribution in [0.25, 0.3) is 0 Å². The molecule has 0 bridgehead atoms. The van der Waals surface area contributed by atoms with Crippen LogP contribution in [0.2, 0.25) is 0 Å². The standard InChI is InChI=1S/C24H29NO4S/c1-24(2,3)29-23(26)25-21(18-17-20-12-6-4-7-13-20)14-10-11-19-30(27,28)22-15-8-5-9-16-22/h4-16,19,21H,17-18H2,1-3H3,(H,25,26). The van der Waals surface area contributed by atoms with Crippen LogP contribution in [0.1, 0.15) is 32.8 Å². The summed E-state index contributed by atoms with van der Waals surface area (Å²) >= 11 is 0. The molecule has 0 saturated carbocycles. The fraction of sp³-hybridized carbons (Fsp3) is 0.292. The maximum atomic E-state index is 12.3. The largest absolute Gasteiger partial charge is 0.444 e. The van der Waals surface area contributed by atoms with Crippen molar-refractivity contribution in [3.8, 4) is 0 Å². The molecule has 30 heavy (non-hydrogen) atoms. The summed E-state index contributed by atoms with van der Waals surface area (Å²) in [7, 11) is -3.50. The van der Waals surface area contributed by atoms with Crippen LogP contribution in [0.3, 0.4) is 0 Å². The molecule has 2 rings (SSSR count). The molecule has 0 aliphatic rings. The summed E-state index contributed by atoms with van der Waals surface area (Å²) < 4.78 is 30.0. The molecule has 1 atom stereocenters. The van der Waals surface area contributed by atoms with Crippen molar-refractivity contribution in [2.75, 3.05) is 0 Å². The Hall–Kier alpha value is -2.86. The highest BCUT2D eigenvalue weighted by Gasteiger charge is 2.18. The Labute approximate surface area is 179 Å². The number of benzene rings is 2. The molecular formula is C24H29NO4S. The quantitative estimate of drug-likeness (QED) is 0.598. The zero-order chi connectivity index (χ0) is 22.0. The molecule has 1 amide bonds. The third kappa shape index (κ3) is 8.66. The predicted molar refractivity (Wildman–Crippen MR) is 120 cm³/mol. The number of allylic oxidation sites excluding steroid dienone is 2. The Balaban J connectivity index is 2.05. The second-order valence-corrected chi connectivity index (χ2v) is 9.68. The van der Waals surface area contributed by atoms with Crippen molar-refractivity contribution in [1.82, 2.24) is 5.32 Å². The van der Waals surface area contributed by atoms with Gasteiger partial charge in [0, 0.05) is 5.41 Å². The van der Waals surface area contributed by atoms with E-state index in [1.807, 2.05) is 30.3 Å². The van der Waals surface area contributed by atoms with Gasteiger partial charge in [-0.25, -0.2) is 13.2 Å². The molecule has 0 aliphatic carbocycles. The summed E-state index contributed by atoms with van der Waals surface area (Å²) in [5, 5.41) is 4.00. The number of hydrogen-bond acceptors (Lipinski definition) is 4. The van der Waals surface area contributed by atoms with Crippen molar-refractivity contribution in [2.45, 2.75) is 50.2 Å². The minimum atomic E-state index is -3.50. The molecule has 0 fully saturated rings. The number of hydrogen-bond donors (Lipinski definition) is 1. The predicted octanol–water partition coefficient (Wildman–Crippen LogP) is 5.06. The molecular weight excluding hydrogens is 398 g/mol. The average molecular weight is 428 g/mol. The van der Waals surface area contributed by atoms with Crippen LogP contribution in [0.15, 0.2) is 89.2 Å². The Kier molecular flexibility index (Phi) is 8.42. The fourth-order valence-electron chi connectivity index (χ4n) is 2.68. The highest BCUT2D eigenvalue weighted by Crippen LogP contribution is 2.12. The first-order valence-corrected chi connectivity index (χ1v) is 11.4. The average Bonchev–Trinajstić information content (AvgIpc) is 2.69. The fourth-order valence-corrected chi connectivity index (χ4v) is 3.67. The van der Waals surface area contributed by atoms with Crippen molar-refractivity contribution in [3.63, 3.8) is 0 Å². The molecule has 6 heteroatoms. The van der Waals surface area contributed by atoms with E-state index in [1.54, 1.807) is 63.3 Å². The number of sulfone groups is 1. The van der Waals surface area contributed by atoms with Gasteiger partial charge >= 0.3 is 6.09 Å². The normalized spacial score (nSPS) is 13.4. The lowest BCUT2D eigenvalue weighted by Crippen LogP contribution is -2.38. The van der Waals surface area contributed by atoms with E-state index in [4.69, 9.17) is 4.74 Å². The van der Waals surface area contributed by atoms with Crippen molar-refractivity contribution >= 4 is 15.9 Å². The zero-order valence-electron chi connectivity index (χ0n) is 17.6. The highest BCUT2D eigenvalue weighted by atomic mass is 32.2. The van der Waals surface area contributed by atoms with Gasteiger partial charge in [0.1, 0.15) is 5.60 Å². The van der Waals surface area contributed by atoms with Gasteiger partial charge in [-0.3, -0.25) is 0 Å². The number of carbonyl (C=O) groups excluding carboxylic acids is 1. The van der Waals surface area contributed by atoms with Crippen LogP contribution in [0, 0.1) is 0 Å². The van der Waals surface area contributed by atoms with Crippen molar-refractivity contribution in [2.24, 2.45) is 0 Å². The summed E-state index contributed by atoms with van der Waals surface area (Å²) in [6.45, 7) is 5.41. The molecule has 0 aromatic heterocycles. The monoisotopic (exact) mass is 427 g/mol. The van der Waals surface area contributed by atoms with Crippen molar-refractivity contribution in [3.05, 3.63) is 89.9 Å². The van der Waals surface area contributed by atoms with E-state index in [0.29, 0.717) is 6.42 Å². The minimum Gasteiger partial charge on any atom is -0.444 e. The van der Waals surface area contributed by atoms with Gasteiger partial charge in [-0.15, -0.1) is 0 Å².